The van der Waals surface area contributed by atoms with Crippen molar-refractivity contribution in [1.29, 1.82) is 0 Å². The Morgan fingerprint density at radius 1 is 0.958 bits per heavy atom. The van der Waals surface area contributed by atoms with E-state index in [9.17, 15) is 23.4 Å². The van der Waals surface area contributed by atoms with Crippen LogP contribution in [-0.4, -0.2) is 42.0 Å². The highest BCUT2D eigenvalue weighted by Gasteiger charge is 2.28. The van der Waals surface area contributed by atoms with Crippen LogP contribution in [0.5, 0.6) is 5.75 Å². The molecule has 1 aliphatic rings. The number of hydrogen-bond acceptors (Lipinski definition) is 4. The Morgan fingerprint density at radius 3 is 2.17 bits per heavy atom. The van der Waals surface area contributed by atoms with E-state index >= 15 is 0 Å². The van der Waals surface area contributed by atoms with Crippen molar-refractivity contribution in [1.82, 2.24) is 4.31 Å². The molecule has 0 unspecified atom stereocenters. The molecular formula is C17H17NO5S. The van der Waals surface area contributed by atoms with E-state index in [-0.39, 0.29) is 16.2 Å². The number of aromatic hydroxyl groups is 1. The number of rotatable bonds is 4. The lowest BCUT2D eigenvalue weighted by Crippen LogP contribution is -2.28. The Kier molecular flexibility index (Phi) is 4.29. The zero-order chi connectivity index (χ0) is 17.3. The summed E-state index contributed by atoms with van der Waals surface area (Å²) in [6.07, 6.45) is 1.62. The molecule has 2 aromatic carbocycles. The van der Waals surface area contributed by atoms with Crippen LogP contribution in [0.1, 0.15) is 23.2 Å². The van der Waals surface area contributed by atoms with Crippen molar-refractivity contribution >= 4 is 16.0 Å². The van der Waals surface area contributed by atoms with Crippen LogP contribution in [0.2, 0.25) is 0 Å². The Bertz CT molecular complexity index is 868. The number of phenols is 1. The van der Waals surface area contributed by atoms with Crippen LogP contribution in [-0.2, 0) is 10.0 Å². The van der Waals surface area contributed by atoms with Crippen LogP contribution in [0.4, 0.5) is 0 Å². The Hall–Kier alpha value is -2.38. The van der Waals surface area contributed by atoms with Crippen LogP contribution in [0.15, 0.2) is 47.4 Å². The molecule has 0 spiro atoms. The van der Waals surface area contributed by atoms with Crippen molar-refractivity contribution in [3.8, 4) is 16.9 Å². The van der Waals surface area contributed by atoms with Gasteiger partial charge in [-0.2, -0.15) is 4.31 Å². The van der Waals surface area contributed by atoms with Gasteiger partial charge < -0.3 is 10.2 Å². The second-order valence-electron chi connectivity index (χ2n) is 5.71. The smallest absolute Gasteiger partial charge is 0.335 e. The Labute approximate surface area is 140 Å². The molecule has 2 aromatic rings. The van der Waals surface area contributed by atoms with Gasteiger partial charge in [-0.05, 0) is 54.3 Å². The number of hydrogen-bond donors (Lipinski definition) is 2. The van der Waals surface area contributed by atoms with Crippen molar-refractivity contribution in [2.24, 2.45) is 0 Å². The molecule has 0 aliphatic carbocycles. The number of carboxylic acids is 1. The summed E-state index contributed by atoms with van der Waals surface area (Å²) < 4.78 is 26.9. The molecule has 1 heterocycles. The highest BCUT2D eigenvalue weighted by atomic mass is 32.2. The molecule has 126 valence electrons. The second-order valence-corrected chi connectivity index (χ2v) is 7.65. The summed E-state index contributed by atoms with van der Waals surface area (Å²) in [5.74, 6) is -1.11. The van der Waals surface area contributed by atoms with Gasteiger partial charge in [0.15, 0.2) is 0 Å². The van der Waals surface area contributed by atoms with Gasteiger partial charge >= 0.3 is 5.97 Å². The SMILES string of the molecule is O=C(O)c1cc(-c2ccc(O)cc2)cc(S(=O)(=O)N2CCCC2)c1. The third-order valence-electron chi connectivity index (χ3n) is 4.06. The van der Waals surface area contributed by atoms with E-state index in [2.05, 4.69) is 0 Å². The maximum absolute atomic E-state index is 12.7. The lowest BCUT2D eigenvalue weighted by molar-refractivity contribution is 0.0696. The lowest BCUT2D eigenvalue weighted by atomic mass is 10.0. The molecule has 24 heavy (non-hydrogen) atoms. The van der Waals surface area contributed by atoms with Gasteiger partial charge in [-0.15, -0.1) is 0 Å². The van der Waals surface area contributed by atoms with E-state index in [0.29, 0.717) is 24.2 Å². The van der Waals surface area contributed by atoms with E-state index in [0.717, 1.165) is 12.8 Å². The number of carbonyl (C=O) groups is 1. The quantitative estimate of drug-likeness (QED) is 0.886. The average Bonchev–Trinajstić information content (AvgIpc) is 3.10. The first kappa shape index (κ1) is 16.5. The van der Waals surface area contributed by atoms with Gasteiger partial charge in [0.25, 0.3) is 0 Å². The minimum absolute atomic E-state index is 0.0209. The molecule has 0 bridgehead atoms. The van der Waals surface area contributed by atoms with Crippen LogP contribution in [0.25, 0.3) is 11.1 Å². The Balaban J connectivity index is 2.12. The van der Waals surface area contributed by atoms with Crippen LogP contribution >= 0.6 is 0 Å². The maximum atomic E-state index is 12.7. The predicted molar refractivity (Wildman–Crippen MR) is 88.5 cm³/mol. The molecule has 0 aromatic heterocycles. The maximum Gasteiger partial charge on any atom is 0.335 e. The number of nitrogens with zero attached hydrogens (tertiary/aromatic N) is 1. The van der Waals surface area contributed by atoms with Crippen molar-refractivity contribution < 1.29 is 23.4 Å². The van der Waals surface area contributed by atoms with E-state index < -0.39 is 16.0 Å². The summed E-state index contributed by atoms with van der Waals surface area (Å²) in [4.78, 5) is 11.4. The molecule has 0 amide bonds. The summed E-state index contributed by atoms with van der Waals surface area (Å²) in [6, 6.07) is 10.3. The normalized spacial score (nSPS) is 15.5. The molecule has 7 heteroatoms. The second kappa shape index (κ2) is 6.26. The van der Waals surface area contributed by atoms with Gasteiger partial charge in [-0.1, -0.05) is 12.1 Å². The number of carboxylic acid groups (broad SMARTS) is 1. The molecule has 1 fully saturated rings. The topological polar surface area (TPSA) is 94.9 Å². The summed E-state index contributed by atoms with van der Waals surface area (Å²) in [6.45, 7) is 0.905. The van der Waals surface area contributed by atoms with Crippen molar-refractivity contribution in [3.63, 3.8) is 0 Å². The molecular weight excluding hydrogens is 330 g/mol. The molecule has 1 saturated heterocycles. The fourth-order valence-corrected chi connectivity index (χ4v) is 4.36. The summed E-state index contributed by atoms with van der Waals surface area (Å²) in [7, 11) is -3.71. The molecule has 0 saturated carbocycles. The first-order chi connectivity index (χ1) is 11.4. The van der Waals surface area contributed by atoms with Gasteiger partial charge in [-0.25, -0.2) is 13.2 Å². The van der Waals surface area contributed by atoms with E-state index in [1.54, 1.807) is 12.1 Å². The third kappa shape index (κ3) is 3.13. The highest BCUT2D eigenvalue weighted by molar-refractivity contribution is 7.89. The minimum atomic E-state index is -3.71. The minimum Gasteiger partial charge on any atom is -0.508 e. The predicted octanol–water partition coefficient (Wildman–Crippen LogP) is 2.54. The summed E-state index contributed by atoms with van der Waals surface area (Å²) in [5.41, 5.74) is 1.03. The third-order valence-corrected chi connectivity index (χ3v) is 5.93. The van der Waals surface area contributed by atoms with Gasteiger partial charge in [-0.3, -0.25) is 0 Å². The lowest BCUT2D eigenvalue weighted by Gasteiger charge is -2.17. The molecule has 0 radical (unpaired) electrons. The molecule has 0 atom stereocenters. The van der Waals surface area contributed by atoms with E-state index in [1.165, 1.54) is 34.6 Å². The fourth-order valence-electron chi connectivity index (χ4n) is 2.77. The molecule has 6 nitrogen and oxygen atoms in total. The van der Waals surface area contributed by atoms with E-state index in [4.69, 9.17) is 0 Å². The first-order valence-corrected chi connectivity index (χ1v) is 9.00. The monoisotopic (exact) mass is 347 g/mol. The number of benzene rings is 2. The zero-order valence-electron chi connectivity index (χ0n) is 12.8. The van der Waals surface area contributed by atoms with Crippen LogP contribution in [0.3, 0.4) is 0 Å². The van der Waals surface area contributed by atoms with Crippen molar-refractivity contribution in [3.05, 3.63) is 48.0 Å². The highest BCUT2D eigenvalue weighted by Crippen LogP contribution is 2.29. The van der Waals surface area contributed by atoms with Gasteiger partial charge in [0, 0.05) is 13.1 Å². The van der Waals surface area contributed by atoms with Crippen LogP contribution < -0.4 is 0 Å². The largest absolute Gasteiger partial charge is 0.508 e. The summed E-state index contributed by atoms with van der Waals surface area (Å²) in [5, 5.41) is 18.7. The fraction of sp³-hybridized carbons (Fsp3) is 0.235. The van der Waals surface area contributed by atoms with Gasteiger partial charge in [0.2, 0.25) is 10.0 Å². The average molecular weight is 347 g/mol. The van der Waals surface area contributed by atoms with Crippen LogP contribution in [0, 0.1) is 0 Å². The number of aromatic carboxylic acids is 1. The number of sulfonamides is 1. The molecule has 2 N–H and O–H groups in total. The molecule has 3 rings (SSSR count). The van der Waals surface area contributed by atoms with Crippen molar-refractivity contribution in [2.45, 2.75) is 17.7 Å². The van der Waals surface area contributed by atoms with Gasteiger partial charge in [0.05, 0.1) is 10.5 Å². The Morgan fingerprint density at radius 2 is 1.58 bits per heavy atom. The summed E-state index contributed by atoms with van der Waals surface area (Å²) >= 11 is 0. The number of phenolic OH excluding ortho intramolecular Hbond substituents is 1. The van der Waals surface area contributed by atoms with Crippen molar-refractivity contribution in [2.75, 3.05) is 13.1 Å². The standard InChI is InChI=1S/C17H17NO5S/c19-15-5-3-12(4-6-15)13-9-14(17(20)21)11-16(10-13)24(22,23)18-7-1-2-8-18/h3-6,9-11,19H,1-2,7-8H2,(H,20,21). The van der Waals surface area contributed by atoms with Gasteiger partial charge in [0.1, 0.15) is 5.75 Å². The molecule has 1 aliphatic heterocycles. The zero-order valence-corrected chi connectivity index (χ0v) is 13.7. The first-order valence-electron chi connectivity index (χ1n) is 7.56. The van der Waals surface area contributed by atoms with E-state index in [1.807, 2.05) is 0 Å².